The van der Waals surface area contributed by atoms with Crippen LogP contribution in [0.25, 0.3) is 0 Å². The van der Waals surface area contributed by atoms with E-state index in [1.54, 1.807) is 24.3 Å². The van der Waals surface area contributed by atoms with Crippen molar-refractivity contribution >= 4 is 17.7 Å². The predicted molar refractivity (Wildman–Crippen MR) is 100 cm³/mol. The third-order valence-corrected chi connectivity index (χ3v) is 3.93. The van der Waals surface area contributed by atoms with Crippen molar-refractivity contribution < 1.29 is 53.6 Å². The molecule has 0 spiro atoms. The van der Waals surface area contributed by atoms with Crippen LogP contribution in [0.1, 0.15) is 38.1 Å². The summed E-state index contributed by atoms with van der Waals surface area (Å²) in [6.45, 7) is 36.7. The quantitative estimate of drug-likeness (QED) is 0.227. The SMILES string of the molecule is CC[N+](CC)(CC)CC.O=C([S-])c1ccccc1.[C-]#[O+].[C-]#[O+].[C-]#[O+].[C-]#[O+].[C-]#[O+].[W]. The normalized spacial score (nSPS) is 6.83. The third-order valence-electron chi connectivity index (χ3n) is 3.69. The molecule has 0 amide bonds. The number of hydrogen-bond donors (Lipinski definition) is 0. The van der Waals surface area contributed by atoms with Crippen molar-refractivity contribution in [2.24, 2.45) is 0 Å². The van der Waals surface area contributed by atoms with Crippen LogP contribution < -0.4 is 0 Å². The van der Waals surface area contributed by atoms with E-state index >= 15 is 0 Å². The van der Waals surface area contributed by atoms with Gasteiger partial charge in [0.2, 0.25) is 0 Å². The van der Waals surface area contributed by atoms with Crippen molar-refractivity contribution in [3.8, 4) is 0 Å². The Morgan fingerprint density at radius 1 is 0.724 bits per heavy atom. The largest absolute Gasteiger partial charge is 0 e. The van der Waals surface area contributed by atoms with E-state index in [2.05, 4.69) is 73.6 Å². The fourth-order valence-corrected chi connectivity index (χ4v) is 2.05. The van der Waals surface area contributed by atoms with E-state index in [9.17, 15) is 4.79 Å². The van der Waals surface area contributed by atoms with Crippen LogP contribution in [0.2, 0.25) is 0 Å². The first-order chi connectivity index (χ1) is 13.5. The second-order valence-electron chi connectivity index (χ2n) is 4.26. The molecule has 0 unspecified atom stereocenters. The van der Waals surface area contributed by atoms with Crippen molar-refractivity contribution in [3.05, 3.63) is 69.1 Å². The molecule has 0 atom stereocenters. The monoisotopic (exact) mass is 591 g/mol. The van der Waals surface area contributed by atoms with Gasteiger partial charge in [-0.05, 0) is 33.3 Å². The van der Waals surface area contributed by atoms with Crippen LogP contribution in [0.4, 0.5) is 0 Å². The Bertz CT molecular complexity index is 485. The van der Waals surface area contributed by atoms with E-state index in [-0.39, 0.29) is 26.2 Å². The summed E-state index contributed by atoms with van der Waals surface area (Å²) in [5.74, 6) is 0. The number of benzene rings is 1. The first-order valence-corrected chi connectivity index (χ1v) is 8.09. The average molecular weight is 591 g/mol. The maximum absolute atomic E-state index is 10.5. The molecular formula is C20H25NO6SW. The molecule has 0 aromatic heterocycles. The number of nitrogens with zero attached hydrogens (tertiary/aromatic N) is 1. The van der Waals surface area contributed by atoms with Gasteiger partial charge in [0.15, 0.2) is 0 Å². The zero-order valence-electron chi connectivity index (χ0n) is 16.9. The van der Waals surface area contributed by atoms with E-state index < -0.39 is 0 Å². The first kappa shape index (κ1) is 45.9. The topological polar surface area (TPSA) is 117 Å². The van der Waals surface area contributed by atoms with E-state index in [1.807, 2.05) is 6.07 Å². The molecule has 7 nitrogen and oxygen atoms in total. The predicted octanol–water partition coefficient (Wildman–Crippen LogP) is 3.07. The Morgan fingerprint density at radius 2 is 0.966 bits per heavy atom. The maximum Gasteiger partial charge on any atom is 0 e. The molecule has 0 heterocycles. The number of quaternary nitrogens is 1. The Hall–Kier alpha value is -1.54. The summed E-state index contributed by atoms with van der Waals surface area (Å²) < 4.78 is 38.8. The molecule has 9 heteroatoms. The molecule has 29 heavy (non-hydrogen) atoms. The van der Waals surface area contributed by atoms with Gasteiger partial charge in [-0.2, -0.15) is 0 Å². The molecule has 0 aliphatic heterocycles. The van der Waals surface area contributed by atoms with Gasteiger partial charge in [0, 0.05) is 26.2 Å². The fourth-order valence-electron chi connectivity index (χ4n) is 1.92. The summed E-state index contributed by atoms with van der Waals surface area (Å²) in [7, 11) is 0. The third kappa shape index (κ3) is 31.4. The van der Waals surface area contributed by atoms with Crippen LogP contribution in [-0.2, 0) is 57.0 Å². The van der Waals surface area contributed by atoms with Crippen molar-refractivity contribution in [2.75, 3.05) is 26.2 Å². The maximum atomic E-state index is 10.5. The van der Waals surface area contributed by atoms with E-state index in [0.29, 0.717) is 5.56 Å². The summed E-state index contributed by atoms with van der Waals surface area (Å²) in [6.07, 6.45) is 0. The summed E-state index contributed by atoms with van der Waals surface area (Å²) in [6, 6.07) is 8.84. The van der Waals surface area contributed by atoms with E-state index in [0.717, 1.165) is 0 Å². The number of hydrogen-bond acceptors (Lipinski definition) is 2. The van der Waals surface area contributed by atoms with Gasteiger partial charge in [0.05, 0.1) is 26.2 Å². The first-order valence-electron chi connectivity index (χ1n) is 7.68. The zero-order chi connectivity index (χ0) is 24.0. The molecule has 0 saturated heterocycles. The van der Waals surface area contributed by atoms with Crippen molar-refractivity contribution in [3.63, 3.8) is 0 Å². The summed E-state index contributed by atoms with van der Waals surface area (Å²) in [5, 5.41) is -0.296. The number of carbonyl (C=O) groups excluding carboxylic acids is 1. The van der Waals surface area contributed by atoms with Crippen molar-refractivity contribution in [1.82, 2.24) is 0 Å². The average Bonchev–Trinajstić information content (AvgIpc) is 2.83. The van der Waals surface area contributed by atoms with Gasteiger partial charge in [-0.15, -0.1) is 0 Å². The van der Waals surface area contributed by atoms with Crippen LogP contribution in [0.15, 0.2) is 30.3 Å². The molecule has 0 aliphatic rings. The molecule has 0 aliphatic carbocycles. The van der Waals surface area contributed by atoms with Gasteiger partial charge in [0.1, 0.15) is 0 Å². The van der Waals surface area contributed by atoms with E-state index in [1.165, 1.54) is 30.7 Å². The molecule has 158 valence electrons. The standard InChI is InChI=1S/C8H20N.C7H6OS.5CO.W/c1-5-9(6-2,7-3)8-4;8-7(9)6-4-2-1-3-5-6;5*1-2;/h5-8H2,1-4H3;1-5H,(H,8,9);;;;;;/q+1;;;;;;;/p-1. The van der Waals surface area contributed by atoms with Gasteiger partial charge < -0.3 is 21.9 Å². The molecule has 1 aromatic rings. The fraction of sp³-hybridized carbons (Fsp3) is 0.400. The second kappa shape index (κ2) is 45.3. The smallest absolute Gasteiger partial charge is 0 e. The summed E-state index contributed by atoms with van der Waals surface area (Å²) >= 11 is 4.41. The van der Waals surface area contributed by atoms with Crippen LogP contribution in [-0.4, -0.2) is 35.8 Å². The van der Waals surface area contributed by atoms with Gasteiger partial charge in [-0.3, -0.25) is 0 Å². The Labute approximate surface area is 194 Å². The molecular weight excluding hydrogens is 566 g/mol. The Morgan fingerprint density at radius 3 is 1.07 bits per heavy atom. The van der Waals surface area contributed by atoms with Crippen LogP contribution in [0.3, 0.4) is 0 Å². The molecule has 1 aromatic carbocycles. The number of rotatable bonds is 5. The summed E-state index contributed by atoms with van der Waals surface area (Å²) in [4.78, 5) is 10.5. The van der Waals surface area contributed by atoms with Gasteiger partial charge >= 0.3 is 56.5 Å². The Kier molecular flexibility index (Phi) is 71.7. The molecule has 0 radical (unpaired) electrons. The molecule has 0 fully saturated rings. The summed E-state index contributed by atoms with van der Waals surface area (Å²) in [5.41, 5.74) is 0.590. The molecule has 0 saturated carbocycles. The molecule has 1 rings (SSSR count). The number of carbonyl (C=O) groups is 1. The molecule has 0 N–H and O–H groups in total. The zero-order valence-corrected chi connectivity index (χ0v) is 20.7. The van der Waals surface area contributed by atoms with Gasteiger partial charge in [-0.1, -0.05) is 30.3 Å². The van der Waals surface area contributed by atoms with Crippen molar-refractivity contribution in [2.45, 2.75) is 27.7 Å². The van der Waals surface area contributed by atoms with E-state index in [4.69, 9.17) is 23.3 Å². The minimum absolute atomic E-state index is 0. The van der Waals surface area contributed by atoms with Crippen LogP contribution in [0, 0.1) is 33.3 Å². The Balaban J connectivity index is -0.0000000455. The molecule has 0 bridgehead atoms. The van der Waals surface area contributed by atoms with Crippen LogP contribution >= 0.6 is 0 Å². The van der Waals surface area contributed by atoms with Gasteiger partial charge in [0.25, 0.3) is 0 Å². The van der Waals surface area contributed by atoms with Crippen LogP contribution in [0.5, 0.6) is 0 Å². The van der Waals surface area contributed by atoms with Crippen molar-refractivity contribution in [1.29, 1.82) is 0 Å². The van der Waals surface area contributed by atoms with Gasteiger partial charge in [-0.25, -0.2) is 0 Å². The second-order valence-corrected chi connectivity index (χ2v) is 4.63. The minimum Gasteiger partial charge on any atom is 0 e. The minimum atomic E-state index is -0.296.